The Morgan fingerprint density at radius 1 is 1.04 bits per heavy atom. The SMILES string of the molecule is O=C(c1cn[nH]c1-c1ccccc1)N1C[C@H]2C[C@@H](C1)c1cccc(=O)n1C2. The molecule has 6 nitrogen and oxygen atoms in total. The van der Waals surface area contributed by atoms with Crippen molar-refractivity contribution in [3.8, 4) is 11.3 Å². The predicted octanol–water partition coefficient (Wildman–Crippen LogP) is 2.50. The molecule has 1 aromatic carbocycles. The second kappa shape index (κ2) is 6.23. The zero-order chi connectivity index (χ0) is 18.4. The van der Waals surface area contributed by atoms with E-state index >= 15 is 0 Å². The Balaban J connectivity index is 1.46. The Morgan fingerprint density at radius 3 is 2.74 bits per heavy atom. The van der Waals surface area contributed by atoms with Gasteiger partial charge in [0.15, 0.2) is 0 Å². The summed E-state index contributed by atoms with van der Waals surface area (Å²) in [6, 6.07) is 15.2. The third kappa shape index (κ3) is 2.68. The van der Waals surface area contributed by atoms with Crippen molar-refractivity contribution < 1.29 is 4.79 Å². The molecule has 2 atom stereocenters. The molecule has 1 saturated heterocycles. The topological polar surface area (TPSA) is 71.0 Å². The Bertz CT molecular complexity index is 1050. The second-order valence-electron chi connectivity index (χ2n) is 7.43. The van der Waals surface area contributed by atoms with Gasteiger partial charge >= 0.3 is 0 Å². The maximum Gasteiger partial charge on any atom is 0.257 e. The number of hydrogen-bond acceptors (Lipinski definition) is 3. The van der Waals surface area contributed by atoms with Gasteiger partial charge in [-0.1, -0.05) is 36.4 Å². The van der Waals surface area contributed by atoms with E-state index in [0.29, 0.717) is 31.1 Å². The van der Waals surface area contributed by atoms with E-state index in [1.54, 1.807) is 12.3 Å². The molecule has 1 fully saturated rings. The van der Waals surface area contributed by atoms with Crippen LogP contribution in [0.3, 0.4) is 0 Å². The molecule has 0 spiro atoms. The lowest BCUT2D eigenvalue weighted by Gasteiger charge is -2.42. The molecule has 1 amide bonds. The molecule has 6 heteroatoms. The van der Waals surface area contributed by atoms with E-state index in [1.807, 2.05) is 51.9 Å². The number of amides is 1. The third-order valence-corrected chi connectivity index (χ3v) is 5.70. The van der Waals surface area contributed by atoms with Gasteiger partial charge in [0, 0.05) is 42.9 Å². The highest BCUT2D eigenvalue weighted by molar-refractivity contribution is 5.99. The molecular formula is C21H20N4O2. The average Bonchev–Trinajstić information content (AvgIpc) is 3.19. The largest absolute Gasteiger partial charge is 0.338 e. The van der Waals surface area contributed by atoms with E-state index in [0.717, 1.165) is 23.4 Å². The molecular weight excluding hydrogens is 340 g/mol. The summed E-state index contributed by atoms with van der Waals surface area (Å²) in [6.45, 7) is 2.00. The predicted molar refractivity (Wildman–Crippen MR) is 101 cm³/mol. The lowest BCUT2D eigenvalue weighted by atomic mass is 9.83. The second-order valence-corrected chi connectivity index (χ2v) is 7.43. The van der Waals surface area contributed by atoms with Crippen molar-refractivity contribution in [3.05, 3.63) is 76.3 Å². The standard InChI is InChI=1S/C21H20N4O2/c26-19-8-4-7-18-16-9-14(12-25(18)19)11-24(13-16)21(27)17-10-22-23-20(17)15-5-2-1-3-6-15/h1-8,10,14,16H,9,11-13H2,(H,22,23)/t14-,16+/m1/s1. The third-order valence-electron chi connectivity index (χ3n) is 5.70. The first kappa shape index (κ1) is 16.1. The molecule has 27 heavy (non-hydrogen) atoms. The molecule has 4 heterocycles. The van der Waals surface area contributed by atoms with Crippen LogP contribution >= 0.6 is 0 Å². The first-order chi connectivity index (χ1) is 13.2. The highest BCUT2D eigenvalue weighted by Gasteiger charge is 2.37. The number of fused-ring (bicyclic) bond motifs is 4. The summed E-state index contributed by atoms with van der Waals surface area (Å²) in [4.78, 5) is 27.4. The summed E-state index contributed by atoms with van der Waals surface area (Å²) in [5.41, 5.74) is 3.42. The van der Waals surface area contributed by atoms with Crippen LogP contribution in [0.25, 0.3) is 11.3 Å². The Hall–Kier alpha value is -3.15. The number of H-pyrrole nitrogens is 1. The highest BCUT2D eigenvalue weighted by atomic mass is 16.2. The zero-order valence-electron chi connectivity index (χ0n) is 14.8. The monoisotopic (exact) mass is 360 g/mol. The number of pyridine rings is 1. The summed E-state index contributed by atoms with van der Waals surface area (Å²) >= 11 is 0. The minimum atomic E-state index is 0.00373. The Morgan fingerprint density at radius 2 is 1.89 bits per heavy atom. The molecule has 5 rings (SSSR count). The summed E-state index contributed by atoms with van der Waals surface area (Å²) in [7, 11) is 0. The maximum atomic E-state index is 13.3. The molecule has 2 aliphatic heterocycles. The van der Waals surface area contributed by atoms with E-state index in [4.69, 9.17) is 0 Å². The van der Waals surface area contributed by atoms with Crippen molar-refractivity contribution >= 4 is 5.91 Å². The molecule has 0 unspecified atom stereocenters. The Kier molecular flexibility index (Phi) is 3.70. The van der Waals surface area contributed by atoms with Crippen LogP contribution in [0.1, 0.15) is 28.4 Å². The number of carbonyl (C=O) groups is 1. The zero-order valence-corrected chi connectivity index (χ0v) is 14.8. The van der Waals surface area contributed by atoms with Crippen LogP contribution in [0.15, 0.2) is 59.5 Å². The van der Waals surface area contributed by atoms with Crippen molar-refractivity contribution in [1.29, 1.82) is 0 Å². The van der Waals surface area contributed by atoms with Gasteiger partial charge in [-0.25, -0.2) is 0 Å². The number of hydrogen-bond donors (Lipinski definition) is 1. The van der Waals surface area contributed by atoms with Crippen molar-refractivity contribution in [2.75, 3.05) is 13.1 Å². The fourth-order valence-electron chi connectivity index (χ4n) is 4.51. The molecule has 2 aliphatic rings. The van der Waals surface area contributed by atoms with E-state index in [-0.39, 0.29) is 17.4 Å². The molecule has 136 valence electrons. The van der Waals surface area contributed by atoms with Crippen molar-refractivity contribution in [1.82, 2.24) is 19.7 Å². The van der Waals surface area contributed by atoms with E-state index < -0.39 is 0 Å². The molecule has 2 aromatic heterocycles. The van der Waals surface area contributed by atoms with Gasteiger partial charge in [-0.3, -0.25) is 14.7 Å². The number of nitrogens with one attached hydrogen (secondary N) is 1. The quantitative estimate of drug-likeness (QED) is 0.763. The normalized spacial score (nSPS) is 21.0. The molecule has 0 saturated carbocycles. The summed E-state index contributed by atoms with van der Waals surface area (Å²) in [6.07, 6.45) is 2.65. The number of nitrogens with zero attached hydrogens (tertiary/aromatic N) is 3. The van der Waals surface area contributed by atoms with Crippen LogP contribution in [-0.4, -0.2) is 38.7 Å². The lowest BCUT2D eigenvalue weighted by molar-refractivity contribution is 0.0595. The first-order valence-corrected chi connectivity index (χ1v) is 9.28. The van der Waals surface area contributed by atoms with E-state index in [2.05, 4.69) is 10.2 Å². The molecule has 1 N–H and O–H groups in total. The smallest absolute Gasteiger partial charge is 0.257 e. The molecule has 0 radical (unpaired) electrons. The van der Waals surface area contributed by atoms with Gasteiger partial charge < -0.3 is 9.47 Å². The fourth-order valence-corrected chi connectivity index (χ4v) is 4.51. The minimum absolute atomic E-state index is 0.00373. The van der Waals surface area contributed by atoms with Gasteiger partial charge in [-0.2, -0.15) is 5.10 Å². The average molecular weight is 360 g/mol. The number of rotatable bonds is 2. The van der Waals surface area contributed by atoms with Crippen molar-refractivity contribution in [2.24, 2.45) is 5.92 Å². The number of carbonyl (C=O) groups excluding carboxylic acids is 1. The van der Waals surface area contributed by atoms with Gasteiger partial charge in [-0.15, -0.1) is 0 Å². The van der Waals surface area contributed by atoms with E-state index in [1.165, 1.54) is 0 Å². The van der Waals surface area contributed by atoms with Crippen LogP contribution in [0, 0.1) is 5.92 Å². The van der Waals surface area contributed by atoms with Crippen LogP contribution in [0.2, 0.25) is 0 Å². The number of piperidine rings is 1. The summed E-state index contributed by atoms with van der Waals surface area (Å²) in [5, 5.41) is 7.09. The maximum absolute atomic E-state index is 13.3. The fraction of sp³-hybridized carbons (Fsp3) is 0.286. The van der Waals surface area contributed by atoms with Crippen LogP contribution in [0.5, 0.6) is 0 Å². The minimum Gasteiger partial charge on any atom is -0.338 e. The number of likely N-dealkylation sites (tertiary alicyclic amines) is 1. The van der Waals surface area contributed by atoms with Gasteiger partial charge in [0.05, 0.1) is 17.5 Å². The van der Waals surface area contributed by atoms with Crippen molar-refractivity contribution in [2.45, 2.75) is 18.9 Å². The molecule has 3 aromatic rings. The van der Waals surface area contributed by atoms with Crippen LogP contribution in [-0.2, 0) is 6.54 Å². The first-order valence-electron chi connectivity index (χ1n) is 9.28. The molecule has 2 bridgehead atoms. The van der Waals surface area contributed by atoms with Gasteiger partial charge in [0.2, 0.25) is 0 Å². The Labute approximate surface area is 156 Å². The van der Waals surface area contributed by atoms with Crippen LogP contribution in [0.4, 0.5) is 0 Å². The number of benzene rings is 1. The summed E-state index contributed by atoms with van der Waals surface area (Å²) in [5.74, 6) is 0.527. The molecule has 0 aliphatic carbocycles. The lowest BCUT2D eigenvalue weighted by Crippen LogP contribution is -2.49. The van der Waals surface area contributed by atoms with Crippen molar-refractivity contribution in [3.63, 3.8) is 0 Å². The van der Waals surface area contributed by atoms with E-state index in [9.17, 15) is 9.59 Å². The number of aromatic amines is 1. The van der Waals surface area contributed by atoms with Crippen LogP contribution < -0.4 is 5.56 Å². The summed E-state index contributed by atoms with van der Waals surface area (Å²) < 4.78 is 1.88. The highest BCUT2D eigenvalue weighted by Crippen LogP contribution is 2.36. The number of aromatic nitrogens is 3. The van der Waals surface area contributed by atoms with Gasteiger partial charge in [0.25, 0.3) is 11.5 Å². The van der Waals surface area contributed by atoms with Gasteiger partial charge in [-0.05, 0) is 18.4 Å². The van der Waals surface area contributed by atoms with Gasteiger partial charge in [0.1, 0.15) is 0 Å².